The Morgan fingerprint density at radius 1 is 1.33 bits per heavy atom. The van der Waals surface area contributed by atoms with Crippen LogP contribution in [-0.2, 0) is 14.3 Å². The van der Waals surface area contributed by atoms with E-state index in [0.29, 0.717) is 11.6 Å². The molecule has 7 nitrogen and oxygen atoms in total. The van der Waals surface area contributed by atoms with Crippen LogP contribution in [0.25, 0.3) is 0 Å². The predicted molar refractivity (Wildman–Crippen MR) is 82.5 cm³/mol. The molecule has 1 saturated heterocycles. The fourth-order valence-corrected chi connectivity index (χ4v) is 2.26. The Balaban J connectivity index is 1.74. The minimum atomic E-state index is -0.922. The first kappa shape index (κ1) is 15.9. The topological polar surface area (TPSA) is 87.6 Å². The first-order chi connectivity index (χ1) is 11.5. The van der Waals surface area contributed by atoms with Gasteiger partial charge in [-0.3, -0.25) is 4.98 Å². The number of benzene rings is 1. The monoisotopic (exact) mass is 328 g/mol. The SMILES string of the molecule is CC1(C)COC(=O)[C@@H]1OC(=O)c1cccc(Oc2cnccn2)c1. The molecule has 2 aromatic rings. The Labute approximate surface area is 138 Å². The van der Waals surface area contributed by atoms with Crippen LogP contribution in [-0.4, -0.2) is 34.6 Å². The van der Waals surface area contributed by atoms with Gasteiger partial charge in [-0.25, -0.2) is 14.6 Å². The number of cyclic esters (lactones) is 1. The fraction of sp³-hybridized carbons (Fsp3) is 0.294. The van der Waals surface area contributed by atoms with Gasteiger partial charge in [0.1, 0.15) is 12.4 Å². The zero-order chi connectivity index (χ0) is 17.2. The summed E-state index contributed by atoms with van der Waals surface area (Å²) in [4.78, 5) is 31.9. The van der Waals surface area contributed by atoms with Crippen LogP contribution in [0.3, 0.4) is 0 Å². The molecule has 1 aliphatic rings. The molecule has 0 saturated carbocycles. The van der Waals surface area contributed by atoms with Gasteiger partial charge >= 0.3 is 11.9 Å². The Morgan fingerprint density at radius 3 is 2.83 bits per heavy atom. The van der Waals surface area contributed by atoms with E-state index in [9.17, 15) is 9.59 Å². The quantitative estimate of drug-likeness (QED) is 0.796. The van der Waals surface area contributed by atoms with Crippen molar-refractivity contribution in [2.75, 3.05) is 6.61 Å². The van der Waals surface area contributed by atoms with Gasteiger partial charge in [-0.1, -0.05) is 19.9 Å². The van der Waals surface area contributed by atoms with Crippen molar-refractivity contribution < 1.29 is 23.8 Å². The Hall–Kier alpha value is -2.96. The van der Waals surface area contributed by atoms with Gasteiger partial charge in [0.25, 0.3) is 0 Å². The van der Waals surface area contributed by atoms with Gasteiger partial charge in [0.2, 0.25) is 12.0 Å². The van der Waals surface area contributed by atoms with Crippen LogP contribution in [0.2, 0.25) is 0 Å². The van der Waals surface area contributed by atoms with Crippen LogP contribution in [0.1, 0.15) is 24.2 Å². The highest BCUT2D eigenvalue weighted by Crippen LogP contribution is 2.31. The lowest BCUT2D eigenvalue weighted by atomic mass is 9.90. The molecule has 124 valence electrons. The zero-order valence-electron chi connectivity index (χ0n) is 13.3. The molecule has 2 heterocycles. The van der Waals surface area contributed by atoms with Crippen molar-refractivity contribution >= 4 is 11.9 Å². The number of hydrogen-bond acceptors (Lipinski definition) is 7. The Bertz CT molecular complexity index is 761. The van der Waals surface area contributed by atoms with Crippen LogP contribution >= 0.6 is 0 Å². The van der Waals surface area contributed by atoms with E-state index in [0.717, 1.165) is 0 Å². The van der Waals surface area contributed by atoms with Crippen LogP contribution in [0, 0.1) is 5.41 Å². The molecule has 0 aliphatic carbocycles. The summed E-state index contributed by atoms with van der Waals surface area (Å²) < 4.78 is 15.8. The molecule has 3 rings (SSSR count). The average molecular weight is 328 g/mol. The maximum atomic E-state index is 12.3. The summed E-state index contributed by atoms with van der Waals surface area (Å²) in [7, 11) is 0. The first-order valence-corrected chi connectivity index (χ1v) is 7.37. The number of aromatic nitrogens is 2. The summed E-state index contributed by atoms with van der Waals surface area (Å²) in [6.45, 7) is 3.84. The molecule has 0 amide bonds. The molecule has 7 heteroatoms. The highest BCUT2D eigenvalue weighted by molar-refractivity contribution is 5.92. The second-order valence-electron chi connectivity index (χ2n) is 6.06. The summed E-state index contributed by atoms with van der Waals surface area (Å²) in [5, 5.41) is 0. The Morgan fingerprint density at radius 2 is 2.17 bits per heavy atom. The van der Waals surface area contributed by atoms with E-state index in [1.165, 1.54) is 24.7 Å². The number of carbonyl (C=O) groups is 2. The predicted octanol–water partition coefficient (Wildman–Crippen LogP) is 2.38. The lowest BCUT2D eigenvalue weighted by Crippen LogP contribution is -2.34. The summed E-state index contributed by atoms with van der Waals surface area (Å²) in [5.74, 6) is -0.418. The van der Waals surface area contributed by atoms with Crippen LogP contribution in [0.5, 0.6) is 11.6 Å². The van der Waals surface area contributed by atoms with E-state index in [1.807, 2.05) is 13.8 Å². The smallest absolute Gasteiger partial charge is 0.348 e. The molecule has 0 spiro atoms. The number of hydrogen-bond donors (Lipinski definition) is 0. The number of ether oxygens (including phenoxy) is 3. The van der Waals surface area contributed by atoms with Crippen LogP contribution in [0.15, 0.2) is 42.9 Å². The number of rotatable bonds is 4. The molecule has 0 bridgehead atoms. The largest absolute Gasteiger partial charge is 0.462 e. The van der Waals surface area contributed by atoms with E-state index in [1.54, 1.807) is 18.2 Å². The van der Waals surface area contributed by atoms with E-state index in [2.05, 4.69) is 9.97 Å². The number of nitrogens with zero attached hydrogens (tertiary/aromatic N) is 2. The summed E-state index contributed by atoms with van der Waals surface area (Å²) in [6.07, 6.45) is 3.57. The maximum Gasteiger partial charge on any atom is 0.348 e. The standard InChI is InChI=1S/C17H16N2O5/c1-17(2)10-22-16(21)14(17)24-15(20)11-4-3-5-12(8-11)23-13-9-18-6-7-19-13/h3-9,14H,10H2,1-2H3/t14-/m0/s1. The van der Waals surface area contributed by atoms with Crippen molar-refractivity contribution in [2.24, 2.45) is 5.41 Å². The summed E-state index contributed by atoms with van der Waals surface area (Å²) in [6, 6.07) is 6.43. The maximum absolute atomic E-state index is 12.3. The van der Waals surface area contributed by atoms with Gasteiger partial charge in [-0.05, 0) is 18.2 Å². The van der Waals surface area contributed by atoms with Crippen molar-refractivity contribution in [2.45, 2.75) is 20.0 Å². The van der Waals surface area contributed by atoms with E-state index < -0.39 is 23.5 Å². The van der Waals surface area contributed by atoms with Crippen molar-refractivity contribution in [3.8, 4) is 11.6 Å². The molecule has 1 aliphatic heterocycles. The Kier molecular flexibility index (Phi) is 4.16. The third kappa shape index (κ3) is 3.34. The molecule has 0 radical (unpaired) electrons. The summed E-state index contributed by atoms with van der Waals surface area (Å²) >= 11 is 0. The molecule has 1 atom stereocenters. The first-order valence-electron chi connectivity index (χ1n) is 7.37. The van der Waals surface area contributed by atoms with Gasteiger partial charge in [-0.15, -0.1) is 0 Å². The van der Waals surface area contributed by atoms with E-state index in [4.69, 9.17) is 14.2 Å². The van der Waals surface area contributed by atoms with Gasteiger partial charge in [0, 0.05) is 17.8 Å². The lowest BCUT2D eigenvalue weighted by Gasteiger charge is -2.21. The molecule has 0 unspecified atom stereocenters. The van der Waals surface area contributed by atoms with Crippen molar-refractivity contribution in [1.29, 1.82) is 0 Å². The van der Waals surface area contributed by atoms with Crippen LogP contribution < -0.4 is 4.74 Å². The second-order valence-corrected chi connectivity index (χ2v) is 6.06. The average Bonchev–Trinajstić information content (AvgIpc) is 2.83. The van der Waals surface area contributed by atoms with Gasteiger partial charge in [-0.2, -0.15) is 0 Å². The lowest BCUT2D eigenvalue weighted by molar-refractivity contribution is -0.145. The van der Waals surface area contributed by atoms with Crippen LogP contribution in [0.4, 0.5) is 0 Å². The molecule has 1 aromatic carbocycles. The minimum absolute atomic E-state index is 0.222. The van der Waals surface area contributed by atoms with E-state index >= 15 is 0 Å². The molecule has 1 aromatic heterocycles. The number of carbonyl (C=O) groups excluding carboxylic acids is 2. The van der Waals surface area contributed by atoms with Gasteiger partial charge in [0.15, 0.2) is 0 Å². The summed E-state index contributed by atoms with van der Waals surface area (Å²) in [5.41, 5.74) is -0.285. The van der Waals surface area contributed by atoms with Gasteiger partial charge < -0.3 is 14.2 Å². The van der Waals surface area contributed by atoms with Gasteiger partial charge in [0.05, 0.1) is 11.8 Å². The second kappa shape index (κ2) is 6.27. The molecular weight excluding hydrogens is 312 g/mol. The zero-order valence-corrected chi connectivity index (χ0v) is 13.3. The highest BCUT2D eigenvalue weighted by Gasteiger charge is 2.46. The van der Waals surface area contributed by atoms with Crippen molar-refractivity contribution in [3.63, 3.8) is 0 Å². The third-order valence-corrected chi connectivity index (χ3v) is 3.57. The minimum Gasteiger partial charge on any atom is -0.462 e. The molecule has 0 N–H and O–H groups in total. The normalized spacial score (nSPS) is 18.8. The van der Waals surface area contributed by atoms with E-state index in [-0.39, 0.29) is 12.2 Å². The molecule has 1 fully saturated rings. The number of esters is 2. The van der Waals surface area contributed by atoms with Crippen molar-refractivity contribution in [3.05, 3.63) is 48.4 Å². The highest BCUT2D eigenvalue weighted by atomic mass is 16.6. The fourth-order valence-electron chi connectivity index (χ4n) is 2.26. The van der Waals surface area contributed by atoms with Crippen molar-refractivity contribution in [1.82, 2.24) is 9.97 Å². The molecular formula is C17H16N2O5. The third-order valence-electron chi connectivity index (χ3n) is 3.57. The molecule has 24 heavy (non-hydrogen) atoms.